The second kappa shape index (κ2) is 12.6. The Bertz CT molecular complexity index is 753. The molecule has 0 aliphatic heterocycles. The number of nitrogens with one attached hydrogen (secondary N) is 2. The predicted molar refractivity (Wildman–Crippen MR) is 127 cm³/mol. The number of likely N-dealkylation sites (N-methyl/N-ethyl adjacent to an activating group) is 2. The molecule has 0 spiro atoms. The predicted octanol–water partition coefficient (Wildman–Crippen LogP) is 2.91. The lowest BCUT2D eigenvalue weighted by Gasteiger charge is -2.27. The minimum atomic E-state index is -0.696. The molecule has 7 nitrogen and oxygen atoms in total. The number of benzene rings is 1. The molecule has 1 aromatic carbocycles. The van der Waals surface area contributed by atoms with Crippen molar-refractivity contribution in [2.45, 2.75) is 72.4 Å². The van der Waals surface area contributed by atoms with Crippen LogP contribution in [0, 0.1) is 11.3 Å². The van der Waals surface area contributed by atoms with Crippen molar-refractivity contribution in [2.75, 3.05) is 20.6 Å². The van der Waals surface area contributed by atoms with E-state index in [1.165, 1.54) is 4.90 Å². The first kappa shape index (κ1) is 27.6. The normalized spacial score (nSPS) is 13.5. The van der Waals surface area contributed by atoms with Crippen LogP contribution in [0.1, 0.15) is 59.4 Å². The van der Waals surface area contributed by atoms with Crippen molar-refractivity contribution >= 4 is 17.6 Å². The summed E-state index contributed by atoms with van der Waals surface area (Å²) in [6.45, 7) is 10.3. The smallest absolute Gasteiger partial charge is 0.245 e. The highest BCUT2D eigenvalue weighted by atomic mass is 16.3. The van der Waals surface area contributed by atoms with E-state index in [1.54, 1.807) is 38.4 Å². The SMILES string of the molecule is CN[C@@H](Cc1ccc(O)cc1)C(=O)N[C@H](CC(C)C)C(=O)N(C)CC(=O)CCC(C)(C)C. The molecule has 1 rings (SSSR count). The largest absolute Gasteiger partial charge is 0.508 e. The van der Waals surface area contributed by atoms with Gasteiger partial charge in [0.1, 0.15) is 11.8 Å². The third-order valence-electron chi connectivity index (χ3n) is 5.31. The molecule has 32 heavy (non-hydrogen) atoms. The summed E-state index contributed by atoms with van der Waals surface area (Å²) in [7, 11) is 3.31. The van der Waals surface area contributed by atoms with Gasteiger partial charge < -0.3 is 20.6 Å². The molecular formula is C25H41N3O4. The second-order valence-electron chi connectivity index (χ2n) is 10.2. The molecule has 180 valence electrons. The minimum Gasteiger partial charge on any atom is -0.508 e. The first-order valence-electron chi connectivity index (χ1n) is 11.3. The van der Waals surface area contributed by atoms with E-state index in [2.05, 4.69) is 31.4 Å². The van der Waals surface area contributed by atoms with Gasteiger partial charge in [-0.1, -0.05) is 46.8 Å². The zero-order chi connectivity index (χ0) is 24.5. The summed E-state index contributed by atoms with van der Waals surface area (Å²) in [6, 6.07) is 5.47. The molecule has 0 radical (unpaired) electrons. The van der Waals surface area contributed by atoms with E-state index in [-0.39, 0.29) is 41.2 Å². The lowest BCUT2D eigenvalue weighted by Crippen LogP contribution is -2.54. The van der Waals surface area contributed by atoms with E-state index in [1.807, 2.05) is 13.8 Å². The maximum atomic E-state index is 13.1. The van der Waals surface area contributed by atoms with Gasteiger partial charge >= 0.3 is 0 Å². The lowest BCUT2D eigenvalue weighted by atomic mass is 9.89. The molecule has 0 saturated heterocycles. The Morgan fingerprint density at radius 1 is 1.06 bits per heavy atom. The molecule has 7 heteroatoms. The third kappa shape index (κ3) is 10.3. The standard InChI is InChI=1S/C25H41N3O4/c1-17(2)14-22(24(32)28(7)16-20(30)12-13-25(3,4)5)27-23(31)21(26-6)15-18-8-10-19(29)11-9-18/h8-11,17,21-22,26,29H,12-16H2,1-7H3,(H,27,31)/t21-,22+/m0/s1. The van der Waals surface area contributed by atoms with Crippen LogP contribution in [-0.4, -0.2) is 60.3 Å². The first-order valence-corrected chi connectivity index (χ1v) is 11.3. The van der Waals surface area contributed by atoms with Crippen LogP contribution in [0.3, 0.4) is 0 Å². The van der Waals surface area contributed by atoms with Crippen LogP contribution >= 0.6 is 0 Å². The number of hydrogen-bond donors (Lipinski definition) is 3. The highest BCUT2D eigenvalue weighted by Gasteiger charge is 2.28. The molecule has 2 atom stereocenters. The zero-order valence-electron chi connectivity index (χ0n) is 20.7. The monoisotopic (exact) mass is 447 g/mol. The molecule has 0 fully saturated rings. The first-order chi connectivity index (χ1) is 14.8. The molecule has 2 amide bonds. The fourth-order valence-corrected chi connectivity index (χ4v) is 3.36. The van der Waals surface area contributed by atoms with Crippen molar-refractivity contribution in [1.82, 2.24) is 15.5 Å². The number of amides is 2. The summed E-state index contributed by atoms with van der Waals surface area (Å²) in [5.41, 5.74) is 0.956. The Kier molecular flexibility index (Phi) is 10.9. The average Bonchev–Trinajstić information content (AvgIpc) is 2.69. The maximum absolute atomic E-state index is 13.1. The summed E-state index contributed by atoms with van der Waals surface area (Å²) >= 11 is 0. The molecule has 3 N–H and O–H groups in total. The summed E-state index contributed by atoms with van der Waals surface area (Å²) < 4.78 is 0. The Labute approximate surface area is 193 Å². The quantitative estimate of drug-likeness (QED) is 0.458. The summed E-state index contributed by atoms with van der Waals surface area (Å²) in [4.78, 5) is 39.8. The van der Waals surface area contributed by atoms with Gasteiger partial charge in [-0.15, -0.1) is 0 Å². The summed E-state index contributed by atoms with van der Waals surface area (Å²) in [6.07, 6.45) is 2.10. The van der Waals surface area contributed by atoms with E-state index >= 15 is 0 Å². The molecule has 0 aliphatic carbocycles. The zero-order valence-corrected chi connectivity index (χ0v) is 20.7. The molecular weight excluding hydrogens is 406 g/mol. The Balaban J connectivity index is 2.80. The van der Waals surface area contributed by atoms with Crippen molar-refractivity contribution in [2.24, 2.45) is 11.3 Å². The fraction of sp³-hybridized carbons (Fsp3) is 0.640. The number of hydrogen-bond acceptors (Lipinski definition) is 5. The van der Waals surface area contributed by atoms with E-state index in [4.69, 9.17) is 0 Å². The van der Waals surface area contributed by atoms with Crippen molar-refractivity contribution < 1.29 is 19.5 Å². The number of nitrogens with zero attached hydrogens (tertiary/aromatic N) is 1. The average molecular weight is 448 g/mol. The summed E-state index contributed by atoms with van der Waals surface area (Å²) in [5.74, 6) is -0.144. The van der Waals surface area contributed by atoms with Gasteiger partial charge in [-0.05, 0) is 55.3 Å². The van der Waals surface area contributed by atoms with E-state index in [9.17, 15) is 19.5 Å². The second-order valence-corrected chi connectivity index (χ2v) is 10.2. The molecule has 1 aromatic rings. The van der Waals surface area contributed by atoms with Crippen LogP contribution in [0.25, 0.3) is 0 Å². The number of ketones is 1. The van der Waals surface area contributed by atoms with Gasteiger partial charge in [-0.2, -0.15) is 0 Å². The van der Waals surface area contributed by atoms with Crippen LogP contribution in [-0.2, 0) is 20.8 Å². The van der Waals surface area contributed by atoms with Gasteiger partial charge in [0.2, 0.25) is 11.8 Å². The number of rotatable bonds is 12. The summed E-state index contributed by atoms with van der Waals surface area (Å²) in [5, 5.41) is 15.3. The van der Waals surface area contributed by atoms with Gasteiger partial charge in [0, 0.05) is 13.5 Å². The minimum absolute atomic E-state index is 0.0193. The van der Waals surface area contributed by atoms with Crippen molar-refractivity contribution in [3.63, 3.8) is 0 Å². The number of aromatic hydroxyl groups is 1. The van der Waals surface area contributed by atoms with Crippen molar-refractivity contribution in [3.8, 4) is 5.75 Å². The highest BCUT2D eigenvalue weighted by molar-refractivity contribution is 5.92. The lowest BCUT2D eigenvalue weighted by molar-refractivity contribution is -0.138. The Morgan fingerprint density at radius 3 is 2.16 bits per heavy atom. The third-order valence-corrected chi connectivity index (χ3v) is 5.31. The number of carbonyl (C=O) groups is 3. The van der Waals surface area contributed by atoms with Crippen molar-refractivity contribution in [3.05, 3.63) is 29.8 Å². The number of phenols is 1. The topological polar surface area (TPSA) is 98.7 Å². The molecule has 0 bridgehead atoms. The van der Waals surface area contributed by atoms with Gasteiger partial charge in [-0.25, -0.2) is 0 Å². The molecule has 0 aliphatic rings. The van der Waals surface area contributed by atoms with E-state index in [0.29, 0.717) is 19.3 Å². The Hall–Kier alpha value is -2.41. The number of carbonyl (C=O) groups excluding carboxylic acids is 3. The van der Waals surface area contributed by atoms with E-state index < -0.39 is 12.1 Å². The Morgan fingerprint density at radius 2 is 1.66 bits per heavy atom. The number of Topliss-reactive ketones (excluding diaryl/α,β-unsaturated/α-hetero) is 1. The molecule has 0 saturated carbocycles. The van der Waals surface area contributed by atoms with Gasteiger partial charge in [0.05, 0.1) is 12.6 Å². The van der Waals surface area contributed by atoms with Crippen LogP contribution in [0.5, 0.6) is 5.75 Å². The van der Waals surface area contributed by atoms with Gasteiger partial charge in [-0.3, -0.25) is 14.4 Å². The van der Waals surface area contributed by atoms with Crippen LogP contribution in [0.15, 0.2) is 24.3 Å². The molecule has 0 heterocycles. The van der Waals surface area contributed by atoms with Crippen LogP contribution < -0.4 is 10.6 Å². The maximum Gasteiger partial charge on any atom is 0.245 e. The molecule has 0 aromatic heterocycles. The molecule has 0 unspecified atom stereocenters. The highest BCUT2D eigenvalue weighted by Crippen LogP contribution is 2.20. The van der Waals surface area contributed by atoms with Crippen LogP contribution in [0.4, 0.5) is 0 Å². The van der Waals surface area contributed by atoms with E-state index in [0.717, 1.165) is 12.0 Å². The van der Waals surface area contributed by atoms with Gasteiger partial charge in [0.15, 0.2) is 5.78 Å². The van der Waals surface area contributed by atoms with Crippen LogP contribution in [0.2, 0.25) is 0 Å². The number of phenolic OH excluding ortho intramolecular Hbond substituents is 1. The van der Waals surface area contributed by atoms with Gasteiger partial charge in [0.25, 0.3) is 0 Å². The van der Waals surface area contributed by atoms with Crippen molar-refractivity contribution in [1.29, 1.82) is 0 Å². The fourth-order valence-electron chi connectivity index (χ4n) is 3.36.